The molecule has 0 aromatic carbocycles. The van der Waals surface area contributed by atoms with Crippen molar-refractivity contribution in [2.24, 2.45) is 0 Å². The van der Waals surface area contributed by atoms with E-state index in [2.05, 4.69) is 9.72 Å². The lowest BCUT2D eigenvalue weighted by Crippen LogP contribution is -2.27. The van der Waals surface area contributed by atoms with E-state index in [9.17, 15) is 13.2 Å². The van der Waals surface area contributed by atoms with Crippen molar-refractivity contribution < 1.29 is 17.9 Å². The smallest absolute Gasteiger partial charge is 0.340 e. The van der Waals surface area contributed by atoms with Gasteiger partial charge in [0, 0.05) is 19.8 Å². The van der Waals surface area contributed by atoms with Gasteiger partial charge in [-0.1, -0.05) is 0 Å². The Bertz CT molecular complexity index is 571. The summed E-state index contributed by atoms with van der Waals surface area (Å²) in [6.07, 6.45) is 2.58. The van der Waals surface area contributed by atoms with Crippen LogP contribution in [0.4, 0.5) is 11.5 Å². The Kier molecular flexibility index (Phi) is 4.71. The van der Waals surface area contributed by atoms with Crippen molar-refractivity contribution in [2.75, 3.05) is 43.3 Å². The standard InChI is InChI=1S/C11H17N3O4S/c1-14(4-5-19(3,16)17)9-7-13-10(12)6-8(9)11(15)18-2/h6-7H,4-5H2,1-3H3,(H2,12,13). The number of methoxy groups -OCH3 is 1. The Labute approximate surface area is 112 Å². The minimum Gasteiger partial charge on any atom is -0.465 e. The average molecular weight is 287 g/mol. The number of rotatable bonds is 5. The first-order chi connectivity index (χ1) is 8.74. The Balaban J connectivity index is 3.02. The zero-order valence-corrected chi connectivity index (χ0v) is 11.9. The van der Waals surface area contributed by atoms with Crippen molar-refractivity contribution in [3.05, 3.63) is 17.8 Å². The molecule has 0 aliphatic heterocycles. The number of hydrogen-bond acceptors (Lipinski definition) is 7. The minimum absolute atomic E-state index is 0.0194. The van der Waals surface area contributed by atoms with Crippen LogP contribution in [-0.2, 0) is 14.6 Å². The number of nitrogens with two attached hydrogens (primary N) is 1. The van der Waals surface area contributed by atoms with Gasteiger partial charge in [0.1, 0.15) is 15.7 Å². The molecule has 0 aliphatic carbocycles. The Morgan fingerprint density at radius 3 is 2.68 bits per heavy atom. The number of ether oxygens (including phenoxy) is 1. The molecule has 1 heterocycles. The number of sulfone groups is 1. The highest BCUT2D eigenvalue weighted by Gasteiger charge is 2.17. The molecule has 0 aliphatic rings. The Morgan fingerprint density at radius 1 is 1.53 bits per heavy atom. The summed E-state index contributed by atoms with van der Waals surface area (Å²) in [6.45, 7) is 0.244. The first-order valence-corrected chi connectivity index (χ1v) is 7.53. The molecule has 0 fully saturated rings. The van der Waals surface area contributed by atoms with E-state index in [4.69, 9.17) is 5.73 Å². The summed E-state index contributed by atoms with van der Waals surface area (Å²) in [6, 6.07) is 1.40. The maximum Gasteiger partial charge on any atom is 0.340 e. The molecule has 1 aromatic rings. The lowest BCUT2D eigenvalue weighted by atomic mass is 10.2. The molecule has 8 heteroatoms. The van der Waals surface area contributed by atoms with Crippen molar-refractivity contribution in [2.45, 2.75) is 0 Å². The van der Waals surface area contributed by atoms with Gasteiger partial charge in [0.15, 0.2) is 0 Å². The predicted molar refractivity (Wildman–Crippen MR) is 73.0 cm³/mol. The number of anilines is 2. The molecule has 0 spiro atoms. The summed E-state index contributed by atoms with van der Waals surface area (Å²) in [5.41, 5.74) is 6.26. The van der Waals surface area contributed by atoms with E-state index >= 15 is 0 Å². The summed E-state index contributed by atoms with van der Waals surface area (Å²) >= 11 is 0. The summed E-state index contributed by atoms with van der Waals surface area (Å²) in [5, 5.41) is 0. The van der Waals surface area contributed by atoms with E-state index in [-0.39, 0.29) is 23.7 Å². The molecule has 0 unspecified atom stereocenters. The Hall–Kier alpha value is -1.83. The fourth-order valence-electron chi connectivity index (χ4n) is 1.47. The van der Waals surface area contributed by atoms with Gasteiger partial charge in [-0.25, -0.2) is 18.2 Å². The van der Waals surface area contributed by atoms with E-state index in [0.717, 1.165) is 6.26 Å². The van der Waals surface area contributed by atoms with E-state index < -0.39 is 15.8 Å². The van der Waals surface area contributed by atoms with Crippen LogP contribution in [0.2, 0.25) is 0 Å². The number of esters is 1. The molecule has 19 heavy (non-hydrogen) atoms. The maximum absolute atomic E-state index is 11.6. The fraction of sp³-hybridized carbons (Fsp3) is 0.455. The predicted octanol–water partition coefficient (Wildman–Crippen LogP) is -0.0688. The van der Waals surface area contributed by atoms with Gasteiger partial charge in [-0.05, 0) is 6.07 Å². The molecule has 106 valence electrons. The van der Waals surface area contributed by atoms with Gasteiger partial charge in [-0.3, -0.25) is 0 Å². The lowest BCUT2D eigenvalue weighted by molar-refractivity contribution is 0.0601. The van der Waals surface area contributed by atoms with Crippen LogP contribution in [0.1, 0.15) is 10.4 Å². The summed E-state index contributed by atoms with van der Waals surface area (Å²) in [4.78, 5) is 17.2. The molecule has 1 aromatic heterocycles. The van der Waals surface area contributed by atoms with Gasteiger partial charge in [-0.15, -0.1) is 0 Å². The average Bonchev–Trinajstić information content (AvgIpc) is 2.34. The highest BCUT2D eigenvalue weighted by molar-refractivity contribution is 7.90. The van der Waals surface area contributed by atoms with E-state index in [1.54, 1.807) is 11.9 Å². The molecule has 0 radical (unpaired) electrons. The maximum atomic E-state index is 11.6. The van der Waals surface area contributed by atoms with Crippen molar-refractivity contribution in [3.63, 3.8) is 0 Å². The zero-order chi connectivity index (χ0) is 14.6. The largest absolute Gasteiger partial charge is 0.465 e. The monoisotopic (exact) mass is 287 g/mol. The minimum atomic E-state index is -3.08. The van der Waals surface area contributed by atoms with Gasteiger partial charge in [0.25, 0.3) is 0 Å². The van der Waals surface area contributed by atoms with Crippen LogP contribution in [0, 0.1) is 0 Å². The number of hydrogen-bond donors (Lipinski definition) is 1. The molecular weight excluding hydrogens is 270 g/mol. The van der Waals surface area contributed by atoms with Gasteiger partial charge in [0.2, 0.25) is 0 Å². The van der Waals surface area contributed by atoms with Crippen molar-refractivity contribution in [1.29, 1.82) is 0 Å². The highest BCUT2D eigenvalue weighted by atomic mass is 32.2. The van der Waals surface area contributed by atoms with Crippen molar-refractivity contribution >= 4 is 27.3 Å². The molecule has 0 saturated heterocycles. The molecule has 7 nitrogen and oxygen atoms in total. The first kappa shape index (κ1) is 15.2. The topological polar surface area (TPSA) is 103 Å². The second-order valence-corrected chi connectivity index (χ2v) is 6.43. The van der Waals surface area contributed by atoms with E-state index in [1.165, 1.54) is 19.4 Å². The van der Waals surface area contributed by atoms with Crippen molar-refractivity contribution in [1.82, 2.24) is 4.98 Å². The van der Waals surface area contributed by atoms with Crippen LogP contribution >= 0.6 is 0 Å². The highest BCUT2D eigenvalue weighted by Crippen LogP contribution is 2.21. The van der Waals surface area contributed by atoms with E-state index in [0.29, 0.717) is 5.69 Å². The number of carbonyl (C=O) groups is 1. The zero-order valence-electron chi connectivity index (χ0n) is 11.1. The second-order valence-electron chi connectivity index (χ2n) is 4.17. The third-order valence-corrected chi connectivity index (χ3v) is 3.44. The summed E-state index contributed by atoms with van der Waals surface area (Å²) < 4.78 is 26.9. The first-order valence-electron chi connectivity index (χ1n) is 5.47. The van der Waals surface area contributed by atoms with Gasteiger partial charge >= 0.3 is 5.97 Å². The van der Waals surface area contributed by atoms with Crippen LogP contribution in [-0.4, -0.2) is 52.1 Å². The van der Waals surface area contributed by atoms with Gasteiger partial charge in [-0.2, -0.15) is 0 Å². The van der Waals surface area contributed by atoms with E-state index in [1.807, 2.05) is 0 Å². The van der Waals surface area contributed by atoms with Gasteiger partial charge < -0.3 is 15.4 Å². The fourth-order valence-corrected chi connectivity index (χ4v) is 2.07. The molecule has 0 saturated carbocycles. The number of aromatic nitrogens is 1. The van der Waals surface area contributed by atoms with Crippen molar-refractivity contribution in [3.8, 4) is 0 Å². The third kappa shape index (κ3) is 4.40. The number of pyridine rings is 1. The molecule has 2 N–H and O–H groups in total. The Morgan fingerprint density at radius 2 is 2.16 bits per heavy atom. The van der Waals surface area contributed by atoms with Gasteiger partial charge in [0.05, 0.1) is 30.3 Å². The van der Waals surface area contributed by atoms with Crippen LogP contribution in [0.3, 0.4) is 0 Å². The number of nitrogens with zero attached hydrogens (tertiary/aromatic N) is 2. The second kappa shape index (κ2) is 5.87. The third-order valence-electron chi connectivity index (χ3n) is 2.52. The molecule has 0 amide bonds. The SMILES string of the molecule is COC(=O)c1cc(N)ncc1N(C)CCS(C)(=O)=O. The molecule has 0 bridgehead atoms. The normalized spacial score (nSPS) is 11.1. The van der Waals surface area contributed by atoms with Crippen LogP contribution in [0.5, 0.6) is 0 Å². The summed E-state index contributed by atoms with van der Waals surface area (Å²) in [7, 11) is -0.142. The van der Waals surface area contributed by atoms with Crippen LogP contribution in [0.15, 0.2) is 12.3 Å². The number of nitrogen functional groups attached to an aromatic ring is 1. The van der Waals surface area contributed by atoms with Crippen LogP contribution in [0.25, 0.3) is 0 Å². The number of carbonyl (C=O) groups excluding carboxylic acids is 1. The molecular formula is C11H17N3O4S. The summed E-state index contributed by atoms with van der Waals surface area (Å²) in [5.74, 6) is -0.370. The lowest BCUT2D eigenvalue weighted by Gasteiger charge is -2.20. The molecule has 0 atom stereocenters. The van der Waals surface area contributed by atoms with Crippen LogP contribution < -0.4 is 10.6 Å². The molecule has 1 rings (SSSR count). The quantitative estimate of drug-likeness (QED) is 0.756.